The molecule has 0 aliphatic rings. The maximum absolute atomic E-state index is 13.0. The summed E-state index contributed by atoms with van der Waals surface area (Å²) in [6.45, 7) is 2.64. The zero-order chi connectivity index (χ0) is 13.0. The summed E-state index contributed by atoms with van der Waals surface area (Å²) in [7, 11) is 1.88. The third-order valence-electron chi connectivity index (χ3n) is 2.39. The van der Waals surface area contributed by atoms with Crippen LogP contribution in [0.2, 0.25) is 0 Å². The van der Waals surface area contributed by atoms with Crippen molar-refractivity contribution in [3.05, 3.63) is 53.5 Å². The normalized spacial score (nSPS) is 10.4. The molecule has 2 rings (SSSR count). The minimum Gasteiger partial charge on any atom is -0.439 e. The Morgan fingerprint density at radius 3 is 2.83 bits per heavy atom. The molecule has 0 saturated heterocycles. The van der Waals surface area contributed by atoms with E-state index in [0.29, 0.717) is 11.6 Å². The number of hydrogen-bond acceptors (Lipinski definition) is 3. The predicted molar refractivity (Wildman–Crippen MR) is 68.2 cm³/mol. The lowest BCUT2D eigenvalue weighted by molar-refractivity contribution is 0.456. The van der Waals surface area contributed by atoms with Crippen molar-refractivity contribution in [2.24, 2.45) is 0 Å². The molecule has 0 fully saturated rings. The highest BCUT2D eigenvalue weighted by atomic mass is 19.1. The first-order valence-electron chi connectivity index (χ1n) is 5.73. The van der Waals surface area contributed by atoms with Crippen LogP contribution in [0, 0.1) is 12.7 Å². The molecule has 0 spiro atoms. The highest BCUT2D eigenvalue weighted by Crippen LogP contribution is 2.21. The molecule has 0 radical (unpaired) electrons. The first-order valence-corrected chi connectivity index (χ1v) is 5.73. The molecule has 1 aromatic heterocycles. The molecule has 0 atom stereocenters. The molecule has 2 aromatic rings. The van der Waals surface area contributed by atoms with Gasteiger partial charge >= 0.3 is 0 Å². The molecule has 0 unspecified atom stereocenters. The summed E-state index contributed by atoms with van der Waals surface area (Å²) < 4.78 is 18.6. The molecule has 94 valence electrons. The Morgan fingerprint density at radius 2 is 2.11 bits per heavy atom. The van der Waals surface area contributed by atoms with Crippen LogP contribution in [0.5, 0.6) is 11.6 Å². The van der Waals surface area contributed by atoms with Crippen LogP contribution >= 0.6 is 0 Å². The fraction of sp³-hybridized carbons (Fsp3) is 0.214. The van der Waals surface area contributed by atoms with Gasteiger partial charge in [-0.25, -0.2) is 9.37 Å². The van der Waals surface area contributed by atoms with E-state index < -0.39 is 0 Å². The number of nitrogens with zero attached hydrogens (tertiary/aromatic N) is 1. The van der Waals surface area contributed by atoms with Gasteiger partial charge in [-0.05, 0) is 37.7 Å². The van der Waals surface area contributed by atoms with Crippen molar-refractivity contribution in [1.29, 1.82) is 0 Å². The average Bonchev–Trinajstić information content (AvgIpc) is 2.28. The van der Waals surface area contributed by atoms with Crippen LogP contribution in [-0.4, -0.2) is 12.0 Å². The second-order valence-electron chi connectivity index (χ2n) is 4.04. The quantitative estimate of drug-likeness (QED) is 0.900. The van der Waals surface area contributed by atoms with Gasteiger partial charge < -0.3 is 10.1 Å². The largest absolute Gasteiger partial charge is 0.439 e. The van der Waals surface area contributed by atoms with Crippen LogP contribution in [0.1, 0.15) is 11.3 Å². The Kier molecular flexibility index (Phi) is 3.89. The molecule has 4 heteroatoms. The topological polar surface area (TPSA) is 34.2 Å². The molecule has 0 aliphatic heterocycles. The van der Waals surface area contributed by atoms with Crippen LogP contribution in [0.4, 0.5) is 4.39 Å². The third-order valence-corrected chi connectivity index (χ3v) is 2.39. The van der Waals surface area contributed by atoms with Crippen LogP contribution in [0.15, 0.2) is 36.4 Å². The fourth-order valence-electron chi connectivity index (χ4n) is 1.72. The van der Waals surface area contributed by atoms with Crippen molar-refractivity contribution in [3.8, 4) is 11.6 Å². The Labute approximate surface area is 106 Å². The van der Waals surface area contributed by atoms with Gasteiger partial charge in [0, 0.05) is 24.4 Å². The predicted octanol–water partition coefficient (Wildman–Crippen LogP) is 3.04. The van der Waals surface area contributed by atoms with Crippen molar-refractivity contribution in [2.45, 2.75) is 13.5 Å². The maximum atomic E-state index is 13.0. The number of aromatic nitrogens is 1. The van der Waals surface area contributed by atoms with Crippen LogP contribution in [0.3, 0.4) is 0 Å². The number of benzene rings is 1. The van der Waals surface area contributed by atoms with Gasteiger partial charge in [0.25, 0.3) is 0 Å². The Balaban J connectivity index is 2.23. The molecular weight excluding hydrogens is 231 g/mol. The third kappa shape index (κ3) is 3.28. The highest BCUT2D eigenvalue weighted by molar-refractivity contribution is 5.30. The van der Waals surface area contributed by atoms with Crippen molar-refractivity contribution < 1.29 is 9.13 Å². The SMILES string of the molecule is CNCc1cc(C)nc(Oc2cccc(F)c2)c1. The van der Waals surface area contributed by atoms with Gasteiger partial charge in [-0.3, -0.25) is 0 Å². The second kappa shape index (κ2) is 5.60. The van der Waals surface area contributed by atoms with E-state index >= 15 is 0 Å². The molecule has 3 nitrogen and oxygen atoms in total. The molecule has 0 bridgehead atoms. The highest BCUT2D eigenvalue weighted by Gasteiger charge is 2.03. The Bertz CT molecular complexity index is 543. The lowest BCUT2D eigenvalue weighted by Crippen LogP contribution is -2.06. The van der Waals surface area contributed by atoms with Crippen molar-refractivity contribution in [3.63, 3.8) is 0 Å². The van der Waals surface area contributed by atoms with Gasteiger partial charge in [-0.2, -0.15) is 0 Å². The monoisotopic (exact) mass is 246 g/mol. The molecule has 18 heavy (non-hydrogen) atoms. The zero-order valence-electron chi connectivity index (χ0n) is 10.4. The summed E-state index contributed by atoms with van der Waals surface area (Å²) in [6.07, 6.45) is 0. The number of aryl methyl sites for hydroxylation is 1. The smallest absolute Gasteiger partial charge is 0.219 e. The zero-order valence-corrected chi connectivity index (χ0v) is 10.4. The molecule has 0 amide bonds. The number of nitrogens with one attached hydrogen (secondary N) is 1. The van der Waals surface area contributed by atoms with Gasteiger partial charge in [0.15, 0.2) is 0 Å². The van der Waals surface area contributed by atoms with Gasteiger partial charge in [0.05, 0.1) is 0 Å². The van der Waals surface area contributed by atoms with E-state index in [9.17, 15) is 4.39 Å². The number of hydrogen-bond donors (Lipinski definition) is 1. The van der Waals surface area contributed by atoms with Crippen LogP contribution in [-0.2, 0) is 6.54 Å². The number of pyridine rings is 1. The summed E-state index contributed by atoms with van der Waals surface area (Å²) in [5.74, 6) is 0.602. The fourth-order valence-corrected chi connectivity index (χ4v) is 1.72. The minimum absolute atomic E-state index is 0.324. The first kappa shape index (κ1) is 12.5. The van der Waals surface area contributed by atoms with Crippen LogP contribution < -0.4 is 10.1 Å². The van der Waals surface area contributed by atoms with Crippen LogP contribution in [0.25, 0.3) is 0 Å². The van der Waals surface area contributed by atoms with Gasteiger partial charge in [0.2, 0.25) is 5.88 Å². The molecule has 1 N–H and O–H groups in total. The van der Waals surface area contributed by atoms with E-state index in [1.54, 1.807) is 12.1 Å². The van der Waals surface area contributed by atoms with E-state index in [0.717, 1.165) is 17.8 Å². The first-order chi connectivity index (χ1) is 8.67. The summed E-state index contributed by atoms with van der Waals surface area (Å²) >= 11 is 0. The van der Waals surface area contributed by atoms with Gasteiger partial charge in [0.1, 0.15) is 11.6 Å². The van der Waals surface area contributed by atoms with Gasteiger partial charge in [-0.1, -0.05) is 6.07 Å². The summed E-state index contributed by atoms with van der Waals surface area (Å²) in [4.78, 5) is 4.27. The molecule has 0 aliphatic carbocycles. The van der Waals surface area contributed by atoms with E-state index in [1.165, 1.54) is 12.1 Å². The Morgan fingerprint density at radius 1 is 1.28 bits per heavy atom. The van der Waals surface area contributed by atoms with Gasteiger partial charge in [-0.15, -0.1) is 0 Å². The van der Waals surface area contributed by atoms with E-state index in [2.05, 4.69) is 10.3 Å². The lowest BCUT2D eigenvalue weighted by atomic mass is 10.2. The minimum atomic E-state index is -0.324. The molecule has 0 saturated carbocycles. The standard InChI is InChI=1S/C14H15FN2O/c1-10-6-11(9-16-2)7-14(17-10)18-13-5-3-4-12(15)8-13/h3-8,16H,9H2,1-2H3. The average molecular weight is 246 g/mol. The molecule has 1 heterocycles. The summed E-state index contributed by atoms with van der Waals surface area (Å²) in [5.41, 5.74) is 1.95. The number of ether oxygens (including phenoxy) is 1. The summed E-state index contributed by atoms with van der Waals surface area (Å²) in [6, 6.07) is 9.84. The number of halogens is 1. The number of rotatable bonds is 4. The summed E-state index contributed by atoms with van der Waals surface area (Å²) in [5, 5.41) is 3.07. The van der Waals surface area contributed by atoms with E-state index in [4.69, 9.17) is 4.74 Å². The maximum Gasteiger partial charge on any atom is 0.219 e. The Hall–Kier alpha value is -1.94. The van der Waals surface area contributed by atoms with Crippen molar-refractivity contribution >= 4 is 0 Å². The van der Waals surface area contributed by atoms with E-state index in [-0.39, 0.29) is 5.82 Å². The van der Waals surface area contributed by atoms with Crippen molar-refractivity contribution in [2.75, 3.05) is 7.05 Å². The molecular formula is C14H15FN2O. The van der Waals surface area contributed by atoms with Crippen molar-refractivity contribution in [1.82, 2.24) is 10.3 Å². The van der Waals surface area contributed by atoms with E-state index in [1.807, 2.05) is 26.1 Å². The molecule has 1 aromatic carbocycles. The lowest BCUT2D eigenvalue weighted by Gasteiger charge is -2.08. The second-order valence-corrected chi connectivity index (χ2v) is 4.04.